The Morgan fingerprint density at radius 3 is 1.67 bits per heavy atom. The summed E-state index contributed by atoms with van der Waals surface area (Å²) in [5.41, 5.74) is 1.05. The van der Waals surface area contributed by atoms with Crippen LogP contribution in [0.4, 0.5) is 0 Å². The molecular formula is C27H21BrCl2O9. The molecule has 0 amide bonds. The minimum Gasteiger partial charge on any atom is -0.454 e. The van der Waals surface area contributed by atoms with E-state index in [0.717, 1.165) is 4.47 Å². The molecule has 0 aromatic heterocycles. The SMILES string of the molecule is O=CCOC(=O)c1ccc(Br)cc1.O=CCOC(=O)c1cccc(Cl)c1.O=CCOC(=O)c1ccccc1Cl. The fraction of sp³-hybridized carbons (Fsp3) is 0.111. The van der Waals surface area contributed by atoms with Crippen molar-refractivity contribution >= 4 is 75.9 Å². The van der Waals surface area contributed by atoms with Gasteiger partial charge in [0.25, 0.3) is 0 Å². The van der Waals surface area contributed by atoms with Gasteiger partial charge in [-0.15, -0.1) is 0 Å². The van der Waals surface area contributed by atoms with E-state index in [-0.39, 0.29) is 25.4 Å². The van der Waals surface area contributed by atoms with Gasteiger partial charge in [0, 0.05) is 9.50 Å². The van der Waals surface area contributed by atoms with Crippen molar-refractivity contribution in [1.82, 2.24) is 0 Å². The maximum Gasteiger partial charge on any atom is 0.340 e. The maximum absolute atomic E-state index is 11.2. The van der Waals surface area contributed by atoms with Crippen LogP contribution in [0.1, 0.15) is 31.1 Å². The van der Waals surface area contributed by atoms with Crippen LogP contribution in [0.25, 0.3) is 0 Å². The Morgan fingerprint density at radius 2 is 1.15 bits per heavy atom. The van der Waals surface area contributed by atoms with Gasteiger partial charge >= 0.3 is 17.9 Å². The molecule has 3 aromatic rings. The zero-order chi connectivity index (χ0) is 29.0. The van der Waals surface area contributed by atoms with Crippen LogP contribution in [0.15, 0.2) is 77.3 Å². The number of esters is 3. The van der Waals surface area contributed by atoms with Crippen molar-refractivity contribution < 1.29 is 43.0 Å². The van der Waals surface area contributed by atoms with Crippen molar-refractivity contribution in [2.45, 2.75) is 0 Å². The Balaban J connectivity index is 0.000000292. The molecule has 9 nitrogen and oxygen atoms in total. The van der Waals surface area contributed by atoms with Crippen LogP contribution in [0, 0.1) is 0 Å². The molecule has 0 aliphatic rings. The minimum absolute atomic E-state index is 0.200. The van der Waals surface area contributed by atoms with E-state index in [9.17, 15) is 28.8 Å². The molecule has 0 fully saturated rings. The summed E-state index contributed by atoms with van der Waals surface area (Å²) >= 11 is 14.6. The van der Waals surface area contributed by atoms with Crippen LogP contribution in [0.3, 0.4) is 0 Å². The lowest BCUT2D eigenvalue weighted by molar-refractivity contribution is -0.111. The van der Waals surface area contributed by atoms with Crippen LogP contribution in [-0.2, 0) is 28.6 Å². The van der Waals surface area contributed by atoms with E-state index in [1.165, 1.54) is 12.1 Å². The van der Waals surface area contributed by atoms with Crippen LogP contribution >= 0.6 is 39.1 Å². The topological polar surface area (TPSA) is 130 Å². The molecule has 0 aliphatic heterocycles. The van der Waals surface area contributed by atoms with Gasteiger partial charge < -0.3 is 14.2 Å². The van der Waals surface area contributed by atoms with Gasteiger partial charge in [0.05, 0.1) is 21.7 Å². The van der Waals surface area contributed by atoms with E-state index in [4.69, 9.17) is 23.2 Å². The van der Waals surface area contributed by atoms with Gasteiger partial charge in [0.1, 0.15) is 19.8 Å². The van der Waals surface area contributed by atoms with Gasteiger partial charge in [-0.3, -0.25) is 14.4 Å². The fourth-order valence-electron chi connectivity index (χ4n) is 2.40. The Bertz CT molecular complexity index is 1260. The van der Waals surface area contributed by atoms with E-state index in [1.54, 1.807) is 60.7 Å². The highest BCUT2D eigenvalue weighted by molar-refractivity contribution is 9.10. The average molecular weight is 640 g/mol. The zero-order valence-corrected chi connectivity index (χ0v) is 23.2. The monoisotopic (exact) mass is 638 g/mol. The van der Waals surface area contributed by atoms with Crippen molar-refractivity contribution in [3.8, 4) is 0 Å². The number of ether oxygens (including phenoxy) is 3. The smallest absolute Gasteiger partial charge is 0.340 e. The Labute approximate surface area is 242 Å². The lowest BCUT2D eigenvalue weighted by Crippen LogP contribution is -2.07. The number of aldehydes is 3. The second-order valence-electron chi connectivity index (χ2n) is 6.79. The Morgan fingerprint density at radius 1 is 0.641 bits per heavy atom. The van der Waals surface area contributed by atoms with Gasteiger partial charge in [0.2, 0.25) is 0 Å². The first-order chi connectivity index (χ1) is 18.7. The first kappa shape index (κ1) is 33.2. The van der Waals surface area contributed by atoms with Crippen molar-refractivity contribution in [2.75, 3.05) is 19.8 Å². The lowest BCUT2D eigenvalue weighted by atomic mass is 10.2. The second-order valence-corrected chi connectivity index (χ2v) is 8.55. The van der Waals surface area contributed by atoms with Crippen LogP contribution in [0.2, 0.25) is 10.0 Å². The van der Waals surface area contributed by atoms with E-state index < -0.39 is 17.9 Å². The molecule has 0 bridgehead atoms. The summed E-state index contributed by atoms with van der Waals surface area (Å²) in [5.74, 6) is -1.62. The molecule has 0 radical (unpaired) electrons. The van der Waals surface area contributed by atoms with Gasteiger partial charge in [-0.25, -0.2) is 14.4 Å². The predicted molar refractivity (Wildman–Crippen MR) is 146 cm³/mol. The lowest BCUT2D eigenvalue weighted by Gasteiger charge is -2.01. The summed E-state index contributed by atoms with van der Waals surface area (Å²) in [7, 11) is 0. The third kappa shape index (κ3) is 13.5. The van der Waals surface area contributed by atoms with E-state index in [2.05, 4.69) is 30.1 Å². The molecule has 39 heavy (non-hydrogen) atoms. The molecule has 12 heteroatoms. The summed E-state index contributed by atoms with van der Waals surface area (Å²) < 4.78 is 14.6. The number of hydrogen-bond donors (Lipinski definition) is 0. The first-order valence-corrected chi connectivity index (χ1v) is 12.4. The van der Waals surface area contributed by atoms with E-state index in [0.29, 0.717) is 40.0 Å². The van der Waals surface area contributed by atoms with E-state index in [1.807, 2.05) is 0 Å². The highest BCUT2D eigenvalue weighted by Gasteiger charge is 2.10. The van der Waals surface area contributed by atoms with Crippen LogP contribution < -0.4 is 0 Å². The molecule has 204 valence electrons. The quantitative estimate of drug-likeness (QED) is 0.176. The number of rotatable bonds is 9. The Hall–Kier alpha value is -3.86. The molecule has 0 atom stereocenters. The molecule has 0 aliphatic carbocycles. The molecule has 0 N–H and O–H groups in total. The predicted octanol–water partition coefficient (Wildman–Crippen LogP) is 5.20. The summed E-state index contributed by atoms with van der Waals surface area (Å²) in [6.45, 7) is -0.676. The summed E-state index contributed by atoms with van der Waals surface area (Å²) in [5, 5.41) is 0.777. The van der Waals surface area contributed by atoms with E-state index >= 15 is 0 Å². The number of halogens is 3. The minimum atomic E-state index is -0.585. The zero-order valence-electron chi connectivity index (χ0n) is 20.1. The molecular weight excluding hydrogens is 619 g/mol. The van der Waals surface area contributed by atoms with Crippen molar-refractivity contribution in [1.29, 1.82) is 0 Å². The summed E-state index contributed by atoms with van der Waals surface area (Å²) in [4.78, 5) is 63.1. The standard InChI is InChI=1S/C9H7BrO3.2C9H7ClO3/c10-8-3-1-7(2-4-8)9(12)13-6-5-11;10-8-3-1-2-7(6-8)9(12)13-5-4-11;10-8-4-2-1-3-7(8)9(12)13-6-5-11/h1-5H,6H2;1-4,6H,5H2;1-5H,6H2. The number of benzene rings is 3. The number of carbonyl (C=O) groups is 6. The van der Waals surface area contributed by atoms with Crippen LogP contribution in [0.5, 0.6) is 0 Å². The van der Waals surface area contributed by atoms with Crippen LogP contribution in [-0.4, -0.2) is 56.6 Å². The van der Waals surface area contributed by atoms with Gasteiger partial charge in [0.15, 0.2) is 18.9 Å². The van der Waals surface area contributed by atoms with Crippen molar-refractivity contribution in [3.63, 3.8) is 0 Å². The number of carbonyl (C=O) groups excluding carboxylic acids is 6. The normalized spacial score (nSPS) is 9.31. The first-order valence-electron chi connectivity index (χ1n) is 10.8. The molecule has 0 saturated carbocycles. The average Bonchev–Trinajstić information content (AvgIpc) is 2.94. The number of hydrogen-bond acceptors (Lipinski definition) is 9. The van der Waals surface area contributed by atoms with Gasteiger partial charge in [-0.1, -0.05) is 57.3 Å². The molecule has 0 heterocycles. The highest BCUT2D eigenvalue weighted by Crippen LogP contribution is 2.15. The van der Waals surface area contributed by atoms with Crippen molar-refractivity contribution in [2.24, 2.45) is 0 Å². The third-order valence-corrected chi connectivity index (χ3v) is 5.17. The summed E-state index contributed by atoms with van der Waals surface area (Å²) in [6, 6.07) is 19.5. The largest absolute Gasteiger partial charge is 0.454 e. The summed E-state index contributed by atoms with van der Waals surface area (Å²) in [6.07, 6.45) is 1.56. The maximum atomic E-state index is 11.2. The molecule has 0 saturated heterocycles. The van der Waals surface area contributed by atoms with Crippen molar-refractivity contribution in [3.05, 3.63) is 104 Å². The van der Waals surface area contributed by atoms with Gasteiger partial charge in [-0.2, -0.15) is 0 Å². The molecule has 0 spiro atoms. The fourth-order valence-corrected chi connectivity index (χ4v) is 3.07. The van der Waals surface area contributed by atoms with Gasteiger partial charge in [-0.05, 0) is 54.6 Å². The Kier molecular flexibility index (Phi) is 16.4. The molecule has 0 unspecified atom stereocenters. The highest BCUT2D eigenvalue weighted by atomic mass is 79.9. The molecule has 3 rings (SSSR count). The second kappa shape index (κ2) is 19.2. The molecule has 3 aromatic carbocycles. The third-order valence-electron chi connectivity index (χ3n) is 4.08.